The maximum absolute atomic E-state index is 12.7. The van der Waals surface area contributed by atoms with E-state index < -0.39 is 0 Å². The standard InChI is InChI=1S/C12H13ClFN/c1-2-3-4-11(15)7-9-5-6-10(14)8-12(9)13/h1,5-6,8,11H,3-4,7,15H2. The number of benzene rings is 1. The van der Waals surface area contributed by atoms with Crippen LogP contribution >= 0.6 is 11.6 Å². The van der Waals surface area contributed by atoms with Crippen LogP contribution in [-0.2, 0) is 6.42 Å². The molecule has 80 valence electrons. The molecule has 0 aliphatic carbocycles. The average molecular weight is 226 g/mol. The zero-order valence-corrected chi connectivity index (χ0v) is 9.10. The first-order valence-electron chi connectivity index (χ1n) is 4.76. The molecule has 0 spiro atoms. The molecule has 1 unspecified atom stereocenters. The molecule has 1 nitrogen and oxygen atoms in total. The SMILES string of the molecule is C#CCCC(N)Cc1ccc(F)cc1Cl. The van der Waals surface area contributed by atoms with E-state index in [2.05, 4.69) is 5.92 Å². The highest BCUT2D eigenvalue weighted by molar-refractivity contribution is 6.31. The van der Waals surface area contributed by atoms with Gasteiger partial charge in [0.15, 0.2) is 0 Å². The van der Waals surface area contributed by atoms with Crippen molar-refractivity contribution < 1.29 is 4.39 Å². The largest absolute Gasteiger partial charge is 0.327 e. The van der Waals surface area contributed by atoms with Gasteiger partial charge in [-0.05, 0) is 30.5 Å². The van der Waals surface area contributed by atoms with Crippen LogP contribution in [0, 0.1) is 18.2 Å². The second-order valence-corrected chi connectivity index (χ2v) is 3.85. The van der Waals surface area contributed by atoms with E-state index in [4.69, 9.17) is 23.8 Å². The lowest BCUT2D eigenvalue weighted by Crippen LogP contribution is -2.22. The minimum Gasteiger partial charge on any atom is -0.327 e. The van der Waals surface area contributed by atoms with Crippen molar-refractivity contribution in [1.82, 2.24) is 0 Å². The maximum Gasteiger partial charge on any atom is 0.124 e. The lowest BCUT2D eigenvalue weighted by molar-refractivity contribution is 0.613. The van der Waals surface area contributed by atoms with Crippen molar-refractivity contribution in [3.05, 3.63) is 34.6 Å². The van der Waals surface area contributed by atoms with Crippen LogP contribution in [0.2, 0.25) is 5.02 Å². The lowest BCUT2D eigenvalue weighted by Gasteiger charge is -2.11. The van der Waals surface area contributed by atoms with Gasteiger partial charge in [0.25, 0.3) is 0 Å². The first-order chi connectivity index (χ1) is 7.13. The molecule has 1 rings (SSSR count). The molecular weight excluding hydrogens is 213 g/mol. The number of nitrogens with two attached hydrogens (primary N) is 1. The third kappa shape index (κ3) is 3.91. The average Bonchev–Trinajstić information content (AvgIpc) is 2.19. The minimum atomic E-state index is -0.332. The van der Waals surface area contributed by atoms with Gasteiger partial charge in [-0.25, -0.2) is 4.39 Å². The van der Waals surface area contributed by atoms with Gasteiger partial charge in [0.2, 0.25) is 0 Å². The zero-order valence-electron chi connectivity index (χ0n) is 8.34. The Balaban J connectivity index is 2.61. The Bertz CT molecular complexity index is 370. The number of halogens is 2. The summed E-state index contributed by atoms with van der Waals surface area (Å²) in [5.41, 5.74) is 6.71. The Hall–Kier alpha value is -1.04. The van der Waals surface area contributed by atoms with Crippen LogP contribution in [0.1, 0.15) is 18.4 Å². The third-order valence-electron chi connectivity index (χ3n) is 2.16. The van der Waals surface area contributed by atoms with Gasteiger partial charge in [-0.3, -0.25) is 0 Å². The highest BCUT2D eigenvalue weighted by Gasteiger charge is 2.07. The van der Waals surface area contributed by atoms with E-state index in [1.807, 2.05) is 0 Å². The molecule has 1 atom stereocenters. The van der Waals surface area contributed by atoms with Crippen molar-refractivity contribution in [1.29, 1.82) is 0 Å². The van der Waals surface area contributed by atoms with Gasteiger partial charge in [-0.1, -0.05) is 17.7 Å². The Morgan fingerprint density at radius 3 is 2.87 bits per heavy atom. The molecule has 15 heavy (non-hydrogen) atoms. The summed E-state index contributed by atoms with van der Waals surface area (Å²) in [6.45, 7) is 0. The number of rotatable bonds is 4. The van der Waals surface area contributed by atoms with Gasteiger partial charge < -0.3 is 5.73 Å². The summed E-state index contributed by atoms with van der Waals surface area (Å²) in [4.78, 5) is 0. The first-order valence-corrected chi connectivity index (χ1v) is 5.14. The summed E-state index contributed by atoms with van der Waals surface area (Å²) in [5.74, 6) is 2.20. The Morgan fingerprint density at radius 1 is 1.53 bits per heavy atom. The van der Waals surface area contributed by atoms with Gasteiger partial charge in [0.05, 0.1) is 0 Å². The van der Waals surface area contributed by atoms with Gasteiger partial charge in [0, 0.05) is 17.5 Å². The molecule has 0 saturated heterocycles. The normalized spacial score (nSPS) is 12.1. The van der Waals surface area contributed by atoms with E-state index in [0.29, 0.717) is 17.9 Å². The molecule has 0 bridgehead atoms. The third-order valence-corrected chi connectivity index (χ3v) is 2.51. The molecule has 0 amide bonds. The Labute approximate surface area is 94.4 Å². The molecular formula is C12H13ClFN. The Morgan fingerprint density at radius 2 is 2.27 bits per heavy atom. The predicted octanol–water partition coefficient (Wildman–Crippen LogP) is 2.76. The molecule has 0 aliphatic rings. The maximum atomic E-state index is 12.7. The minimum absolute atomic E-state index is 0.0241. The van der Waals surface area contributed by atoms with E-state index in [-0.39, 0.29) is 11.9 Å². The topological polar surface area (TPSA) is 26.0 Å². The van der Waals surface area contributed by atoms with Crippen molar-refractivity contribution in [2.24, 2.45) is 5.73 Å². The predicted molar refractivity (Wildman–Crippen MR) is 61.2 cm³/mol. The summed E-state index contributed by atoms with van der Waals surface area (Å²) < 4.78 is 12.7. The molecule has 2 N–H and O–H groups in total. The van der Waals surface area contributed by atoms with Crippen molar-refractivity contribution in [3.63, 3.8) is 0 Å². The molecule has 0 heterocycles. The van der Waals surface area contributed by atoms with Crippen LogP contribution in [0.25, 0.3) is 0 Å². The summed E-state index contributed by atoms with van der Waals surface area (Å²) >= 11 is 5.87. The molecule has 0 radical (unpaired) electrons. The number of hydrogen-bond donors (Lipinski definition) is 1. The van der Waals surface area contributed by atoms with Crippen LogP contribution in [-0.4, -0.2) is 6.04 Å². The first kappa shape index (κ1) is 12.0. The van der Waals surface area contributed by atoms with Crippen LogP contribution < -0.4 is 5.73 Å². The second kappa shape index (κ2) is 5.75. The van der Waals surface area contributed by atoms with E-state index in [1.165, 1.54) is 12.1 Å². The molecule has 3 heteroatoms. The monoisotopic (exact) mass is 225 g/mol. The van der Waals surface area contributed by atoms with Gasteiger partial charge in [0.1, 0.15) is 5.82 Å². The summed E-state index contributed by atoms with van der Waals surface area (Å²) in [6, 6.07) is 4.32. The lowest BCUT2D eigenvalue weighted by atomic mass is 10.0. The Kier molecular flexibility index (Phi) is 4.61. The molecule has 0 saturated carbocycles. The smallest absolute Gasteiger partial charge is 0.124 e. The number of terminal acetylenes is 1. The fraction of sp³-hybridized carbons (Fsp3) is 0.333. The zero-order chi connectivity index (χ0) is 11.3. The molecule has 0 aromatic heterocycles. The van der Waals surface area contributed by atoms with Crippen LogP contribution in [0.4, 0.5) is 4.39 Å². The highest BCUT2D eigenvalue weighted by atomic mass is 35.5. The van der Waals surface area contributed by atoms with E-state index in [0.717, 1.165) is 12.0 Å². The van der Waals surface area contributed by atoms with Crippen LogP contribution in [0.15, 0.2) is 18.2 Å². The molecule has 1 aromatic carbocycles. The summed E-state index contributed by atoms with van der Waals surface area (Å²) in [7, 11) is 0. The van der Waals surface area contributed by atoms with Gasteiger partial charge in [-0.2, -0.15) is 0 Å². The van der Waals surface area contributed by atoms with Crippen molar-refractivity contribution >= 4 is 11.6 Å². The number of hydrogen-bond acceptors (Lipinski definition) is 1. The fourth-order valence-corrected chi connectivity index (χ4v) is 1.58. The molecule has 1 aromatic rings. The van der Waals surface area contributed by atoms with Crippen LogP contribution in [0.3, 0.4) is 0 Å². The van der Waals surface area contributed by atoms with E-state index >= 15 is 0 Å². The van der Waals surface area contributed by atoms with Crippen molar-refractivity contribution in [3.8, 4) is 12.3 Å². The van der Waals surface area contributed by atoms with E-state index in [1.54, 1.807) is 6.07 Å². The van der Waals surface area contributed by atoms with Crippen LogP contribution in [0.5, 0.6) is 0 Å². The molecule has 0 aliphatic heterocycles. The quantitative estimate of drug-likeness (QED) is 0.784. The van der Waals surface area contributed by atoms with Gasteiger partial charge in [-0.15, -0.1) is 12.3 Å². The summed E-state index contributed by atoms with van der Waals surface area (Å²) in [6.07, 6.45) is 7.17. The summed E-state index contributed by atoms with van der Waals surface area (Å²) in [5, 5.41) is 0.422. The second-order valence-electron chi connectivity index (χ2n) is 3.44. The molecule has 0 fully saturated rings. The van der Waals surface area contributed by atoms with Gasteiger partial charge >= 0.3 is 0 Å². The van der Waals surface area contributed by atoms with E-state index in [9.17, 15) is 4.39 Å². The highest BCUT2D eigenvalue weighted by Crippen LogP contribution is 2.19. The van der Waals surface area contributed by atoms with Crippen molar-refractivity contribution in [2.75, 3.05) is 0 Å². The van der Waals surface area contributed by atoms with Crippen molar-refractivity contribution in [2.45, 2.75) is 25.3 Å². The fourth-order valence-electron chi connectivity index (χ4n) is 1.34.